The average Bonchev–Trinajstić information content (AvgIpc) is 2.47. The van der Waals surface area contributed by atoms with Gasteiger partial charge in [0.25, 0.3) is 0 Å². The topological polar surface area (TPSA) is 46.6 Å². The van der Waals surface area contributed by atoms with E-state index in [1.165, 1.54) is 12.7 Å². The van der Waals surface area contributed by atoms with E-state index in [-0.39, 0.29) is 17.8 Å². The number of amides is 1. The number of carbonyl (C=O) groups is 2. The van der Waals surface area contributed by atoms with Crippen molar-refractivity contribution in [1.29, 1.82) is 0 Å². The van der Waals surface area contributed by atoms with E-state index in [9.17, 15) is 9.59 Å². The minimum Gasteiger partial charge on any atom is -0.469 e. The molecule has 0 bridgehead atoms. The van der Waals surface area contributed by atoms with Gasteiger partial charge >= 0.3 is 5.97 Å². The monoisotopic (exact) mass is 305 g/mol. The molecule has 4 nitrogen and oxygen atoms in total. The van der Waals surface area contributed by atoms with Crippen molar-refractivity contribution in [2.24, 2.45) is 11.8 Å². The number of hydrogen-bond donors (Lipinski definition) is 0. The van der Waals surface area contributed by atoms with Crippen LogP contribution in [0.3, 0.4) is 0 Å². The molecule has 1 unspecified atom stereocenters. The van der Waals surface area contributed by atoms with Crippen molar-refractivity contribution in [2.45, 2.75) is 40.7 Å². The summed E-state index contributed by atoms with van der Waals surface area (Å²) in [5.41, 5.74) is 2.26. The van der Waals surface area contributed by atoms with Crippen LogP contribution in [-0.4, -0.2) is 30.4 Å². The van der Waals surface area contributed by atoms with Gasteiger partial charge in [-0.15, -0.1) is 0 Å². The Balaban J connectivity index is 2.83. The number of carbonyl (C=O) groups excluding carboxylic acids is 2. The first-order valence-electron chi connectivity index (χ1n) is 7.74. The third-order valence-electron chi connectivity index (χ3n) is 3.53. The van der Waals surface area contributed by atoms with Gasteiger partial charge < -0.3 is 9.64 Å². The minimum atomic E-state index is -0.327. The van der Waals surface area contributed by atoms with Crippen molar-refractivity contribution >= 4 is 11.9 Å². The number of methoxy groups -OCH3 is 1. The summed E-state index contributed by atoms with van der Waals surface area (Å²) in [4.78, 5) is 25.8. The third kappa shape index (κ3) is 5.88. The van der Waals surface area contributed by atoms with Crippen molar-refractivity contribution in [1.82, 2.24) is 4.90 Å². The minimum absolute atomic E-state index is 0.0753. The van der Waals surface area contributed by atoms with Crippen LogP contribution in [0.4, 0.5) is 0 Å². The van der Waals surface area contributed by atoms with Crippen molar-refractivity contribution in [3.05, 3.63) is 35.4 Å². The van der Waals surface area contributed by atoms with Crippen LogP contribution in [0.2, 0.25) is 0 Å². The molecule has 0 radical (unpaired) electrons. The first-order valence-corrected chi connectivity index (χ1v) is 7.74. The smallest absolute Gasteiger partial charge is 0.310 e. The summed E-state index contributed by atoms with van der Waals surface area (Å²) in [7, 11) is 1.37. The Hall–Kier alpha value is -1.84. The van der Waals surface area contributed by atoms with Gasteiger partial charge in [0.15, 0.2) is 0 Å². The molecule has 122 valence electrons. The Morgan fingerprint density at radius 2 is 1.73 bits per heavy atom. The summed E-state index contributed by atoms with van der Waals surface area (Å²) in [6.45, 7) is 8.76. The van der Waals surface area contributed by atoms with Crippen LogP contribution < -0.4 is 0 Å². The molecule has 0 heterocycles. The maximum Gasteiger partial charge on any atom is 0.310 e. The highest BCUT2D eigenvalue weighted by Gasteiger charge is 2.22. The number of benzene rings is 1. The second-order valence-corrected chi connectivity index (χ2v) is 6.28. The lowest BCUT2D eigenvalue weighted by atomic mass is 10.1. The molecule has 22 heavy (non-hydrogen) atoms. The molecule has 1 aromatic rings. The summed E-state index contributed by atoms with van der Waals surface area (Å²) in [5.74, 6) is -0.245. The normalized spacial score (nSPS) is 12.1. The largest absolute Gasteiger partial charge is 0.469 e. The van der Waals surface area contributed by atoms with Gasteiger partial charge in [-0.05, 0) is 18.4 Å². The van der Waals surface area contributed by atoms with E-state index in [1.54, 1.807) is 11.8 Å². The second kappa shape index (κ2) is 8.57. The second-order valence-electron chi connectivity index (χ2n) is 6.28. The van der Waals surface area contributed by atoms with E-state index in [0.717, 1.165) is 5.56 Å². The maximum atomic E-state index is 12.4. The van der Waals surface area contributed by atoms with Gasteiger partial charge in [0, 0.05) is 19.5 Å². The van der Waals surface area contributed by atoms with E-state index in [2.05, 4.69) is 0 Å². The molecule has 0 spiro atoms. The Morgan fingerprint density at radius 1 is 1.14 bits per heavy atom. The van der Waals surface area contributed by atoms with Gasteiger partial charge in [0.2, 0.25) is 5.91 Å². The van der Waals surface area contributed by atoms with Crippen LogP contribution in [0.25, 0.3) is 0 Å². The van der Waals surface area contributed by atoms with Crippen LogP contribution in [0.1, 0.15) is 38.3 Å². The highest BCUT2D eigenvalue weighted by Crippen LogP contribution is 2.13. The molecule has 0 aliphatic heterocycles. The highest BCUT2D eigenvalue weighted by atomic mass is 16.5. The zero-order chi connectivity index (χ0) is 16.7. The molecule has 0 fully saturated rings. The van der Waals surface area contributed by atoms with Crippen LogP contribution >= 0.6 is 0 Å². The van der Waals surface area contributed by atoms with E-state index >= 15 is 0 Å². The molecule has 0 aliphatic rings. The summed E-state index contributed by atoms with van der Waals surface area (Å²) in [6, 6.07) is 8.11. The molecule has 1 aromatic carbocycles. The van der Waals surface area contributed by atoms with E-state index < -0.39 is 0 Å². The van der Waals surface area contributed by atoms with Crippen LogP contribution in [0.15, 0.2) is 24.3 Å². The lowest BCUT2D eigenvalue weighted by molar-refractivity contribution is -0.146. The number of hydrogen-bond acceptors (Lipinski definition) is 3. The molecule has 1 atom stereocenters. The van der Waals surface area contributed by atoms with Crippen molar-refractivity contribution < 1.29 is 14.3 Å². The van der Waals surface area contributed by atoms with Crippen molar-refractivity contribution in [3.63, 3.8) is 0 Å². The number of ether oxygens (including phenoxy) is 1. The van der Waals surface area contributed by atoms with Crippen molar-refractivity contribution in [2.75, 3.05) is 13.7 Å². The number of rotatable bonds is 7. The fourth-order valence-corrected chi connectivity index (χ4v) is 2.25. The fraction of sp³-hybridized carbons (Fsp3) is 0.556. The molecular formula is C18H27NO3. The van der Waals surface area contributed by atoms with Gasteiger partial charge in [-0.3, -0.25) is 9.59 Å². The quantitative estimate of drug-likeness (QED) is 0.727. The lowest BCUT2D eigenvalue weighted by Crippen LogP contribution is -2.37. The van der Waals surface area contributed by atoms with Gasteiger partial charge in [-0.1, -0.05) is 50.6 Å². The molecule has 0 saturated heterocycles. The van der Waals surface area contributed by atoms with E-state index in [4.69, 9.17) is 4.74 Å². The van der Waals surface area contributed by atoms with E-state index in [0.29, 0.717) is 25.4 Å². The Morgan fingerprint density at radius 3 is 2.23 bits per heavy atom. The summed E-state index contributed by atoms with van der Waals surface area (Å²) in [6.07, 6.45) is 0.486. The average molecular weight is 305 g/mol. The molecule has 0 aromatic heterocycles. The third-order valence-corrected chi connectivity index (χ3v) is 3.53. The summed E-state index contributed by atoms with van der Waals surface area (Å²) >= 11 is 0. The molecular weight excluding hydrogens is 278 g/mol. The molecule has 1 rings (SSSR count). The lowest BCUT2D eigenvalue weighted by Gasteiger charge is -2.26. The molecule has 0 aliphatic carbocycles. The number of esters is 1. The van der Waals surface area contributed by atoms with Crippen LogP contribution in [0.5, 0.6) is 0 Å². The predicted molar refractivity (Wildman–Crippen MR) is 87.2 cm³/mol. The van der Waals surface area contributed by atoms with Gasteiger partial charge in [-0.25, -0.2) is 0 Å². The molecule has 0 N–H and O–H groups in total. The van der Waals surface area contributed by atoms with Crippen LogP contribution in [0, 0.1) is 18.8 Å². The van der Waals surface area contributed by atoms with E-state index in [1.807, 2.05) is 45.0 Å². The zero-order valence-electron chi connectivity index (χ0n) is 14.3. The number of aryl methyl sites for hydroxylation is 1. The summed E-state index contributed by atoms with van der Waals surface area (Å²) < 4.78 is 4.76. The fourth-order valence-electron chi connectivity index (χ4n) is 2.25. The first kappa shape index (κ1) is 18.2. The maximum absolute atomic E-state index is 12.4. The Bertz CT molecular complexity index is 494. The SMILES string of the molecule is COC(=O)C(C)CN(Cc1ccc(C)cc1)C(=O)CC(C)C. The summed E-state index contributed by atoms with van der Waals surface area (Å²) in [5, 5.41) is 0. The highest BCUT2D eigenvalue weighted by molar-refractivity contribution is 5.78. The molecule has 0 saturated carbocycles. The Labute approximate surface area is 133 Å². The molecule has 1 amide bonds. The first-order chi connectivity index (χ1) is 10.3. The van der Waals surface area contributed by atoms with Crippen LogP contribution in [-0.2, 0) is 20.9 Å². The standard InChI is InChI=1S/C18H27NO3/c1-13(2)10-17(20)19(11-15(4)18(21)22-5)12-16-8-6-14(3)7-9-16/h6-9,13,15H,10-12H2,1-5H3. The number of nitrogens with zero attached hydrogens (tertiary/aromatic N) is 1. The zero-order valence-corrected chi connectivity index (χ0v) is 14.3. The molecule has 4 heteroatoms. The van der Waals surface area contributed by atoms with Gasteiger partial charge in [0.1, 0.15) is 0 Å². The van der Waals surface area contributed by atoms with Crippen molar-refractivity contribution in [3.8, 4) is 0 Å². The van der Waals surface area contributed by atoms with Gasteiger partial charge in [0.05, 0.1) is 13.0 Å². The predicted octanol–water partition coefficient (Wildman–Crippen LogP) is 3.18. The van der Waals surface area contributed by atoms with Gasteiger partial charge in [-0.2, -0.15) is 0 Å². The Kier molecular flexibility index (Phi) is 7.09.